The molecule has 3 aliphatic heterocycles. The number of ether oxygens (including phenoxy) is 1. The van der Waals surface area contributed by atoms with E-state index < -0.39 is 23.0 Å². The highest BCUT2D eigenvalue weighted by molar-refractivity contribution is 7.80. The summed E-state index contributed by atoms with van der Waals surface area (Å²) in [6.07, 6.45) is 0.204. The maximum atomic E-state index is 13.1. The highest BCUT2D eigenvalue weighted by Crippen LogP contribution is 2.31. The van der Waals surface area contributed by atoms with Crippen molar-refractivity contribution >= 4 is 40.8 Å². The van der Waals surface area contributed by atoms with Gasteiger partial charge in [-0.05, 0) is 48.7 Å². The van der Waals surface area contributed by atoms with Crippen LogP contribution in [0.4, 0.5) is 4.79 Å². The standard InChI is InChI=1S/C27H24N4O5S/c1-15-10-18(26(2)21(37)12-22(32)29-26)6-4-16(15)8-9-27(24(34)28-25(35)30-27)14-31-13-17-5-7-19(36-3)11-20(17)23(31)33/h4-7,10-11H,12-14H2,1-3H3,(H,29,32)(H2,28,30,34,35)/t26?,27-/m1/s1. The first kappa shape index (κ1) is 24.5. The van der Waals surface area contributed by atoms with E-state index in [-0.39, 0.29) is 31.3 Å². The topological polar surface area (TPSA) is 117 Å². The van der Waals surface area contributed by atoms with Gasteiger partial charge in [0.2, 0.25) is 11.4 Å². The van der Waals surface area contributed by atoms with Crippen LogP contribution in [0.1, 0.15) is 46.0 Å². The highest BCUT2D eigenvalue weighted by Gasteiger charge is 2.48. The molecule has 188 valence electrons. The van der Waals surface area contributed by atoms with Crippen molar-refractivity contribution in [2.75, 3.05) is 13.7 Å². The minimum atomic E-state index is -1.61. The Morgan fingerprint density at radius 1 is 1.11 bits per heavy atom. The van der Waals surface area contributed by atoms with Crippen LogP contribution in [-0.2, 0) is 21.7 Å². The van der Waals surface area contributed by atoms with E-state index in [2.05, 4.69) is 27.8 Å². The maximum Gasteiger partial charge on any atom is 0.323 e. The summed E-state index contributed by atoms with van der Waals surface area (Å²) in [7, 11) is 1.52. The Kier molecular flexibility index (Phi) is 5.76. The lowest BCUT2D eigenvalue weighted by Crippen LogP contribution is -2.54. The molecule has 2 saturated heterocycles. The number of nitrogens with zero attached hydrogens (tertiary/aromatic N) is 1. The Morgan fingerprint density at radius 2 is 1.89 bits per heavy atom. The number of methoxy groups -OCH3 is 1. The van der Waals surface area contributed by atoms with Gasteiger partial charge < -0.3 is 20.3 Å². The quantitative estimate of drug-likeness (QED) is 0.324. The largest absolute Gasteiger partial charge is 0.497 e. The lowest BCUT2D eigenvalue weighted by atomic mass is 9.88. The van der Waals surface area contributed by atoms with Gasteiger partial charge in [0, 0.05) is 22.5 Å². The van der Waals surface area contributed by atoms with Crippen molar-refractivity contribution in [2.45, 2.75) is 37.9 Å². The summed E-state index contributed by atoms with van der Waals surface area (Å²) in [4.78, 5) is 52.1. The normalized spacial score (nSPS) is 24.3. The molecule has 3 N–H and O–H groups in total. The minimum absolute atomic E-state index is 0.115. The third kappa shape index (κ3) is 4.11. The van der Waals surface area contributed by atoms with E-state index in [9.17, 15) is 19.2 Å². The van der Waals surface area contributed by atoms with E-state index in [1.807, 2.05) is 32.0 Å². The van der Waals surface area contributed by atoms with Gasteiger partial charge in [0.1, 0.15) is 5.75 Å². The van der Waals surface area contributed by atoms with Gasteiger partial charge >= 0.3 is 6.03 Å². The van der Waals surface area contributed by atoms with E-state index in [1.54, 1.807) is 18.2 Å². The van der Waals surface area contributed by atoms with Gasteiger partial charge in [0.25, 0.3) is 11.8 Å². The predicted octanol–water partition coefficient (Wildman–Crippen LogP) is 1.69. The lowest BCUT2D eigenvalue weighted by molar-refractivity contribution is -0.122. The molecular formula is C27H24N4O5S. The fraction of sp³-hybridized carbons (Fsp3) is 0.296. The van der Waals surface area contributed by atoms with Crippen LogP contribution in [0.5, 0.6) is 5.75 Å². The molecule has 3 aliphatic rings. The van der Waals surface area contributed by atoms with E-state index >= 15 is 0 Å². The molecule has 37 heavy (non-hydrogen) atoms. The van der Waals surface area contributed by atoms with Gasteiger partial charge in [-0.1, -0.05) is 42.3 Å². The minimum Gasteiger partial charge on any atom is -0.497 e. The van der Waals surface area contributed by atoms with Crippen molar-refractivity contribution < 1.29 is 23.9 Å². The Labute approximate surface area is 218 Å². The summed E-state index contributed by atoms with van der Waals surface area (Å²) >= 11 is 5.43. The molecule has 0 spiro atoms. The molecule has 2 aromatic rings. The Bertz CT molecular complexity index is 1470. The first-order chi connectivity index (χ1) is 17.5. The number of nitrogens with one attached hydrogen (secondary N) is 3. The monoisotopic (exact) mass is 516 g/mol. The molecule has 2 fully saturated rings. The number of urea groups is 1. The number of aryl methyl sites for hydroxylation is 1. The summed E-state index contributed by atoms with van der Waals surface area (Å²) in [6, 6.07) is 10.1. The van der Waals surface area contributed by atoms with E-state index in [0.29, 0.717) is 21.7 Å². The summed E-state index contributed by atoms with van der Waals surface area (Å²) in [5.74, 6) is 5.51. The molecule has 2 atom stereocenters. The van der Waals surface area contributed by atoms with Crippen molar-refractivity contribution in [2.24, 2.45) is 0 Å². The van der Waals surface area contributed by atoms with Crippen LogP contribution in [0.2, 0.25) is 0 Å². The van der Waals surface area contributed by atoms with Crippen LogP contribution < -0.4 is 20.7 Å². The summed E-state index contributed by atoms with van der Waals surface area (Å²) in [6.45, 7) is 3.89. The molecule has 5 rings (SSSR count). The SMILES string of the molecule is COc1ccc2c(c1)C(=O)N(C[C@@]1(C#Cc3ccc(C4(C)NC(=O)CC4=S)cc3C)NC(=O)NC1=O)C2. The van der Waals surface area contributed by atoms with Gasteiger partial charge in [-0.3, -0.25) is 19.7 Å². The van der Waals surface area contributed by atoms with Gasteiger partial charge in [-0.2, -0.15) is 0 Å². The zero-order valence-corrected chi connectivity index (χ0v) is 21.3. The zero-order chi connectivity index (χ0) is 26.5. The second-order valence-corrected chi connectivity index (χ2v) is 10.0. The number of fused-ring (bicyclic) bond motifs is 1. The number of imide groups is 1. The Balaban J connectivity index is 1.44. The molecule has 3 heterocycles. The summed E-state index contributed by atoms with van der Waals surface area (Å²) < 4.78 is 5.22. The molecule has 2 aromatic carbocycles. The second-order valence-electron chi connectivity index (χ2n) is 9.55. The average Bonchev–Trinajstić information content (AvgIpc) is 3.42. The van der Waals surface area contributed by atoms with Crippen molar-refractivity contribution in [3.05, 3.63) is 64.2 Å². The lowest BCUT2D eigenvalue weighted by Gasteiger charge is -2.26. The number of amides is 5. The van der Waals surface area contributed by atoms with E-state index in [4.69, 9.17) is 17.0 Å². The van der Waals surface area contributed by atoms with E-state index in [0.717, 1.165) is 16.7 Å². The molecule has 0 saturated carbocycles. The van der Waals surface area contributed by atoms with Crippen LogP contribution in [0.25, 0.3) is 0 Å². The van der Waals surface area contributed by atoms with E-state index in [1.165, 1.54) is 12.0 Å². The van der Waals surface area contributed by atoms with Crippen LogP contribution in [0, 0.1) is 18.8 Å². The zero-order valence-electron chi connectivity index (χ0n) is 20.5. The Morgan fingerprint density at radius 3 is 2.51 bits per heavy atom. The number of hydrogen-bond acceptors (Lipinski definition) is 6. The van der Waals surface area contributed by atoms with Crippen LogP contribution >= 0.6 is 12.2 Å². The predicted molar refractivity (Wildman–Crippen MR) is 138 cm³/mol. The first-order valence-electron chi connectivity index (χ1n) is 11.6. The molecule has 1 unspecified atom stereocenters. The van der Waals surface area contributed by atoms with Crippen LogP contribution in [0.15, 0.2) is 36.4 Å². The first-order valence-corrected chi connectivity index (χ1v) is 12.0. The van der Waals surface area contributed by atoms with Crippen LogP contribution in [0.3, 0.4) is 0 Å². The third-order valence-electron chi connectivity index (χ3n) is 7.05. The molecular weight excluding hydrogens is 492 g/mol. The molecule has 9 nitrogen and oxygen atoms in total. The maximum absolute atomic E-state index is 13.1. The fourth-order valence-electron chi connectivity index (χ4n) is 4.85. The number of hydrogen-bond donors (Lipinski definition) is 3. The number of carbonyl (C=O) groups excluding carboxylic acids is 4. The van der Waals surface area contributed by atoms with Gasteiger partial charge in [-0.15, -0.1) is 0 Å². The molecule has 5 amide bonds. The second kappa shape index (κ2) is 8.71. The highest BCUT2D eigenvalue weighted by atomic mass is 32.1. The smallest absolute Gasteiger partial charge is 0.323 e. The number of carbonyl (C=O) groups is 4. The number of rotatable bonds is 4. The van der Waals surface area contributed by atoms with Crippen molar-refractivity contribution in [1.82, 2.24) is 20.9 Å². The van der Waals surface area contributed by atoms with Crippen molar-refractivity contribution in [3.8, 4) is 17.6 Å². The van der Waals surface area contributed by atoms with Crippen LogP contribution in [-0.4, -0.2) is 52.7 Å². The molecule has 0 aromatic heterocycles. The molecule has 0 bridgehead atoms. The van der Waals surface area contributed by atoms with Crippen molar-refractivity contribution in [1.29, 1.82) is 0 Å². The summed E-state index contributed by atoms with van der Waals surface area (Å²) in [5, 5.41) is 7.80. The molecule has 0 aliphatic carbocycles. The average molecular weight is 517 g/mol. The summed E-state index contributed by atoms with van der Waals surface area (Å²) in [5.41, 5.74) is 1.22. The number of thiocarbonyl (C=S) groups is 1. The number of benzene rings is 2. The van der Waals surface area contributed by atoms with Gasteiger partial charge in [0.05, 0.1) is 25.6 Å². The molecule has 0 radical (unpaired) electrons. The fourth-order valence-corrected chi connectivity index (χ4v) is 5.15. The van der Waals surface area contributed by atoms with Gasteiger partial charge in [-0.25, -0.2) is 4.79 Å². The third-order valence-corrected chi connectivity index (χ3v) is 7.60. The molecule has 10 heteroatoms. The van der Waals surface area contributed by atoms with Gasteiger partial charge in [0.15, 0.2) is 0 Å². The van der Waals surface area contributed by atoms with Crippen molar-refractivity contribution in [3.63, 3.8) is 0 Å². The Hall–Kier alpha value is -4.23.